The highest BCUT2D eigenvalue weighted by Crippen LogP contribution is 2.34. The molecule has 21 heavy (non-hydrogen) atoms. The molecule has 3 heterocycles. The molecule has 2 aromatic rings. The Labute approximate surface area is 127 Å². The van der Waals surface area contributed by atoms with Crippen molar-refractivity contribution in [3.05, 3.63) is 36.3 Å². The van der Waals surface area contributed by atoms with Crippen LogP contribution < -0.4 is 5.73 Å². The zero-order chi connectivity index (χ0) is 15.0. The van der Waals surface area contributed by atoms with E-state index in [0.717, 1.165) is 24.3 Å². The normalized spacial score (nSPS) is 25.1. The van der Waals surface area contributed by atoms with Gasteiger partial charge in [-0.2, -0.15) is 0 Å². The third kappa shape index (κ3) is 2.83. The van der Waals surface area contributed by atoms with Crippen LogP contribution in [0.2, 0.25) is 0 Å². The summed E-state index contributed by atoms with van der Waals surface area (Å²) in [4.78, 5) is 7.37. The van der Waals surface area contributed by atoms with E-state index in [9.17, 15) is 0 Å². The van der Waals surface area contributed by atoms with E-state index in [-0.39, 0.29) is 17.6 Å². The Balaban J connectivity index is 2.05. The molecule has 4 heteroatoms. The number of aromatic nitrogens is 2. The van der Waals surface area contributed by atoms with Gasteiger partial charge in [0.25, 0.3) is 0 Å². The number of rotatable bonds is 1. The van der Waals surface area contributed by atoms with Gasteiger partial charge in [0.2, 0.25) is 0 Å². The maximum atomic E-state index is 6.53. The lowest BCUT2D eigenvalue weighted by Crippen LogP contribution is -2.49. The number of hydrogen-bond acceptors (Lipinski definition) is 3. The summed E-state index contributed by atoms with van der Waals surface area (Å²) in [5, 5.41) is 0. The van der Waals surface area contributed by atoms with Crippen LogP contribution in [0.1, 0.15) is 51.8 Å². The molecule has 0 amide bonds. The molecule has 1 aliphatic heterocycles. The first-order chi connectivity index (χ1) is 9.97. The van der Waals surface area contributed by atoms with Crippen molar-refractivity contribution in [3.63, 3.8) is 0 Å². The molecule has 0 spiro atoms. The van der Waals surface area contributed by atoms with Crippen LogP contribution in [0.25, 0.3) is 5.65 Å². The molecular formula is C17H26N4. The van der Waals surface area contributed by atoms with Gasteiger partial charge in [0.1, 0.15) is 5.65 Å². The summed E-state index contributed by atoms with van der Waals surface area (Å²) in [5.41, 5.74) is 8.73. The van der Waals surface area contributed by atoms with Crippen LogP contribution in [-0.4, -0.2) is 32.4 Å². The Morgan fingerprint density at radius 3 is 2.76 bits per heavy atom. The summed E-state index contributed by atoms with van der Waals surface area (Å²) in [6.45, 7) is 7.91. The number of likely N-dealkylation sites (tertiary alicyclic amines) is 1. The number of fused-ring (bicyclic) bond motifs is 1. The van der Waals surface area contributed by atoms with Crippen molar-refractivity contribution in [2.45, 2.75) is 57.7 Å². The highest BCUT2D eigenvalue weighted by Gasteiger charge is 2.36. The summed E-state index contributed by atoms with van der Waals surface area (Å²) < 4.78 is 2.09. The first-order valence-electron chi connectivity index (χ1n) is 7.93. The number of hydrogen-bond donors (Lipinski definition) is 1. The second-order valence-electron chi connectivity index (χ2n) is 7.10. The Morgan fingerprint density at radius 1 is 1.24 bits per heavy atom. The van der Waals surface area contributed by atoms with Crippen molar-refractivity contribution < 1.29 is 0 Å². The molecule has 2 unspecified atom stereocenters. The van der Waals surface area contributed by atoms with Gasteiger partial charge in [0, 0.05) is 24.0 Å². The molecule has 0 aliphatic carbocycles. The summed E-state index contributed by atoms with van der Waals surface area (Å²) in [7, 11) is 0. The zero-order valence-electron chi connectivity index (χ0n) is 13.3. The van der Waals surface area contributed by atoms with E-state index >= 15 is 0 Å². The lowest BCUT2D eigenvalue weighted by Gasteiger charge is -2.42. The largest absolute Gasteiger partial charge is 0.326 e. The molecule has 1 fully saturated rings. The fourth-order valence-electron chi connectivity index (χ4n) is 3.42. The van der Waals surface area contributed by atoms with E-state index in [2.05, 4.69) is 42.5 Å². The SMILES string of the molecule is CC(C)(C)N1CCCCC(N)C1c1cn2ccccc2n1. The van der Waals surface area contributed by atoms with Gasteiger partial charge in [-0.15, -0.1) is 0 Å². The van der Waals surface area contributed by atoms with Gasteiger partial charge in [0.15, 0.2) is 0 Å². The Kier molecular flexibility index (Phi) is 3.76. The van der Waals surface area contributed by atoms with Crippen molar-refractivity contribution in [3.8, 4) is 0 Å². The van der Waals surface area contributed by atoms with Crippen molar-refractivity contribution in [1.29, 1.82) is 0 Å². The van der Waals surface area contributed by atoms with Crippen molar-refractivity contribution >= 4 is 5.65 Å². The van der Waals surface area contributed by atoms with E-state index in [4.69, 9.17) is 10.7 Å². The number of nitrogens with two attached hydrogens (primary N) is 1. The predicted molar refractivity (Wildman–Crippen MR) is 86.2 cm³/mol. The van der Waals surface area contributed by atoms with Crippen molar-refractivity contribution in [1.82, 2.24) is 14.3 Å². The molecule has 0 aromatic carbocycles. The van der Waals surface area contributed by atoms with Crippen LogP contribution in [0.5, 0.6) is 0 Å². The van der Waals surface area contributed by atoms with E-state index in [1.165, 1.54) is 12.8 Å². The van der Waals surface area contributed by atoms with E-state index in [1.54, 1.807) is 0 Å². The van der Waals surface area contributed by atoms with Gasteiger partial charge >= 0.3 is 0 Å². The van der Waals surface area contributed by atoms with Crippen LogP contribution in [-0.2, 0) is 0 Å². The fraction of sp³-hybridized carbons (Fsp3) is 0.588. The average Bonchev–Trinajstić information content (AvgIpc) is 2.73. The third-order valence-electron chi connectivity index (χ3n) is 4.48. The third-order valence-corrected chi connectivity index (χ3v) is 4.48. The van der Waals surface area contributed by atoms with E-state index in [0.29, 0.717) is 0 Å². The molecule has 0 radical (unpaired) electrons. The maximum Gasteiger partial charge on any atom is 0.137 e. The number of imidazole rings is 1. The van der Waals surface area contributed by atoms with E-state index in [1.807, 2.05) is 18.2 Å². The van der Waals surface area contributed by atoms with Gasteiger partial charge in [-0.3, -0.25) is 4.90 Å². The maximum absolute atomic E-state index is 6.53. The fourth-order valence-corrected chi connectivity index (χ4v) is 3.42. The van der Waals surface area contributed by atoms with Crippen molar-refractivity contribution in [2.24, 2.45) is 5.73 Å². The van der Waals surface area contributed by atoms with Crippen LogP contribution in [0, 0.1) is 0 Å². The van der Waals surface area contributed by atoms with Crippen LogP contribution >= 0.6 is 0 Å². The van der Waals surface area contributed by atoms with Gasteiger partial charge in [-0.25, -0.2) is 4.98 Å². The molecule has 1 aliphatic rings. The minimum absolute atomic E-state index is 0.0996. The van der Waals surface area contributed by atoms with Crippen LogP contribution in [0.3, 0.4) is 0 Å². The smallest absolute Gasteiger partial charge is 0.137 e. The zero-order valence-corrected chi connectivity index (χ0v) is 13.3. The highest BCUT2D eigenvalue weighted by molar-refractivity contribution is 5.40. The molecule has 2 N–H and O–H groups in total. The van der Waals surface area contributed by atoms with Crippen LogP contribution in [0.15, 0.2) is 30.6 Å². The molecule has 0 bridgehead atoms. The molecule has 2 atom stereocenters. The van der Waals surface area contributed by atoms with Gasteiger partial charge < -0.3 is 10.1 Å². The molecule has 2 aromatic heterocycles. The van der Waals surface area contributed by atoms with Crippen molar-refractivity contribution in [2.75, 3.05) is 6.54 Å². The van der Waals surface area contributed by atoms with Gasteiger partial charge in [-0.05, 0) is 52.3 Å². The summed E-state index contributed by atoms with van der Waals surface area (Å²) >= 11 is 0. The molecular weight excluding hydrogens is 260 g/mol. The lowest BCUT2D eigenvalue weighted by molar-refractivity contribution is 0.0735. The van der Waals surface area contributed by atoms with E-state index < -0.39 is 0 Å². The first-order valence-corrected chi connectivity index (χ1v) is 7.93. The Hall–Kier alpha value is -1.39. The summed E-state index contributed by atoms with van der Waals surface area (Å²) in [6.07, 6.45) is 7.69. The molecule has 0 saturated carbocycles. The molecule has 3 rings (SSSR count). The topological polar surface area (TPSA) is 46.6 Å². The Bertz CT molecular complexity index is 578. The highest BCUT2D eigenvalue weighted by atomic mass is 15.2. The Morgan fingerprint density at radius 2 is 2.05 bits per heavy atom. The second-order valence-corrected chi connectivity index (χ2v) is 7.10. The molecule has 114 valence electrons. The quantitative estimate of drug-likeness (QED) is 0.876. The summed E-state index contributed by atoms with van der Waals surface area (Å²) in [6, 6.07) is 6.46. The second kappa shape index (κ2) is 5.43. The average molecular weight is 286 g/mol. The first kappa shape index (κ1) is 14.5. The molecule has 4 nitrogen and oxygen atoms in total. The lowest BCUT2D eigenvalue weighted by atomic mass is 9.96. The van der Waals surface area contributed by atoms with Gasteiger partial charge in [0.05, 0.1) is 11.7 Å². The minimum Gasteiger partial charge on any atom is -0.326 e. The standard InChI is InChI=1S/C17H26N4/c1-17(2,3)21-11-7-4-8-13(18)16(21)14-12-20-10-6-5-9-15(20)19-14/h5-6,9-10,12-13,16H,4,7-8,11,18H2,1-3H3. The predicted octanol–water partition coefficient (Wildman–Crippen LogP) is 2.99. The summed E-state index contributed by atoms with van der Waals surface area (Å²) in [5.74, 6) is 0. The van der Waals surface area contributed by atoms with Crippen LogP contribution in [0.4, 0.5) is 0 Å². The minimum atomic E-state index is 0.0996. The monoisotopic (exact) mass is 286 g/mol. The van der Waals surface area contributed by atoms with Gasteiger partial charge in [-0.1, -0.05) is 12.5 Å². The number of pyridine rings is 1. The number of nitrogens with zero attached hydrogens (tertiary/aromatic N) is 3. The molecule has 1 saturated heterocycles.